The molecule has 1 nitrogen and oxygen atoms in total. The summed E-state index contributed by atoms with van der Waals surface area (Å²) in [7, 11) is 0. The summed E-state index contributed by atoms with van der Waals surface area (Å²) in [5, 5.41) is 0. The van der Waals surface area contributed by atoms with Gasteiger partial charge in [0.25, 0.3) is 0 Å². The van der Waals surface area contributed by atoms with Crippen LogP contribution < -0.4 is 0 Å². The molecule has 0 spiro atoms. The van der Waals surface area contributed by atoms with Crippen LogP contribution in [0.2, 0.25) is 0 Å². The van der Waals surface area contributed by atoms with Gasteiger partial charge in [0.1, 0.15) is 11.4 Å². The van der Waals surface area contributed by atoms with E-state index in [-0.39, 0.29) is 17.7 Å². The molecule has 0 N–H and O–H groups in total. The van der Waals surface area contributed by atoms with E-state index in [1.165, 1.54) is 30.3 Å². The molecule has 0 saturated carbocycles. The van der Waals surface area contributed by atoms with Crippen LogP contribution in [0.1, 0.15) is 11.1 Å². The summed E-state index contributed by atoms with van der Waals surface area (Å²) < 4.78 is 46.0. The minimum atomic E-state index is -1.18. The van der Waals surface area contributed by atoms with Crippen LogP contribution in [0.3, 0.4) is 0 Å². The van der Waals surface area contributed by atoms with Crippen LogP contribution in [0.25, 0.3) is 0 Å². The fourth-order valence-electron chi connectivity index (χ4n) is 2.13. The summed E-state index contributed by atoms with van der Waals surface area (Å²) in [6, 6.07) is 9.80. The Labute approximate surface area is 102 Å². The molecule has 0 amide bonds. The fraction of sp³-hybridized carbons (Fsp3) is 0.143. The highest BCUT2D eigenvalue weighted by Gasteiger charge is 2.51. The van der Waals surface area contributed by atoms with Crippen molar-refractivity contribution in [3.63, 3.8) is 0 Å². The van der Waals surface area contributed by atoms with Crippen molar-refractivity contribution in [3.8, 4) is 0 Å². The number of hydrogen-bond acceptors (Lipinski definition) is 1. The molecule has 1 aliphatic heterocycles. The summed E-state index contributed by atoms with van der Waals surface area (Å²) in [6.07, 6.45) is 0. The molecule has 92 valence electrons. The van der Waals surface area contributed by atoms with Crippen molar-refractivity contribution in [2.24, 2.45) is 0 Å². The SMILES string of the molecule is Fc1ccccc1C1(c2cccc(F)c2F)CO1. The van der Waals surface area contributed by atoms with Crippen LogP contribution in [0.5, 0.6) is 0 Å². The first-order chi connectivity index (χ1) is 8.65. The lowest BCUT2D eigenvalue weighted by Gasteiger charge is -2.14. The van der Waals surface area contributed by atoms with Gasteiger partial charge >= 0.3 is 0 Å². The zero-order valence-electron chi connectivity index (χ0n) is 9.29. The van der Waals surface area contributed by atoms with Crippen LogP contribution >= 0.6 is 0 Å². The van der Waals surface area contributed by atoms with Crippen LogP contribution in [0.15, 0.2) is 42.5 Å². The molecule has 1 saturated heterocycles. The highest BCUT2D eigenvalue weighted by molar-refractivity contribution is 5.42. The Morgan fingerprint density at radius 3 is 2.11 bits per heavy atom. The molecule has 4 heteroatoms. The van der Waals surface area contributed by atoms with E-state index in [1.807, 2.05) is 0 Å². The zero-order chi connectivity index (χ0) is 12.8. The molecular formula is C14H9F3O. The van der Waals surface area contributed by atoms with Gasteiger partial charge in [-0.15, -0.1) is 0 Å². The molecule has 1 unspecified atom stereocenters. The molecule has 3 rings (SSSR count). The number of ether oxygens (including phenoxy) is 1. The predicted molar refractivity (Wildman–Crippen MR) is 59.5 cm³/mol. The van der Waals surface area contributed by atoms with Crippen molar-refractivity contribution in [3.05, 3.63) is 71.0 Å². The third-order valence-electron chi connectivity index (χ3n) is 3.13. The quantitative estimate of drug-likeness (QED) is 0.744. The normalized spacial score (nSPS) is 21.9. The van der Waals surface area contributed by atoms with Gasteiger partial charge < -0.3 is 4.74 Å². The average molecular weight is 250 g/mol. The van der Waals surface area contributed by atoms with Gasteiger partial charge in [0.15, 0.2) is 11.6 Å². The molecule has 1 atom stereocenters. The average Bonchev–Trinajstić information content (AvgIpc) is 3.14. The molecule has 1 aliphatic rings. The first-order valence-corrected chi connectivity index (χ1v) is 5.48. The maximum Gasteiger partial charge on any atom is 0.165 e. The van der Waals surface area contributed by atoms with Crippen molar-refractivity contribution in [2.75, 3.05) is 6.61 Å². The molecule has 2 aromatic carbocycles. The van der Waals surface area contributed by atoms with Gasteiger partial charge in [0.05, 0.1) is 6.61 Å². The van der Waals surface area contributed by atoms with Gasteiger partial charge in [-0.3, -0.25) is 0 Å². The van der Waals surface area contributed by atoms with Gasteiger partial charge in [0, 0.05) is 11.1 Å². The molecule has 1 fully saturated rings. The first kappa shape index (κ1) is 11.3. The molecule has 0 bridgehead atoms. The maximum atomic E-state index is 13.8. The Bertz CT molecular complexity index is 606. The van der Waals surface area contributed by atoms with Gasteiger partial charge in [0.2, 0.25) is 0 Å². The van der Waals surface area contributed by atoms with Crippen molar-refractivity contribution >= 4 is 0 Å². The second-order valence-corrected chi connectivity index (χ2v) is 4.20. The first-order valence-electron chi connectivity index (χ1n) is 5.48. The number of hydrogen-bond donors (Lipinski definition) is 0. The van der Waals surface area contributed by atoms with E-state index < -0.39 is 23.1 Å². The van der Waals surface area contributed by atoms with E-state index in [1.54, 1.807) is 6.07 Å². The second kappa shape index (κ2) is 3.85. The number of benzene rings is 2. The van der Waals surface area contributed by atoms with E-state index in [2.05, 4.69) is 0 Å². The molecule has 0 radical (unpaired) electrons. The largest absolute Gasteiger partial charge is 0.359 e. The van der Waals surface area contributed by atoms with E-state index in [9.17, 15) is 13.2 Å². The van der Waals surface area contributed by atoms with Gasteiger partial charge in [-0.05, 0) is 12.1 Å². The van der Waals surface area contributed by atoms with E-state index >= 15 is 0 Å². The van der Waals surface area contributed by atoms with Crippen LogP contribution in [0, 0.1) is 17.5 Å². The summed E-state index contributed by atoms with van der Waals surface area (Å²) in [5.74, 6) is -2.43. The standard InChI is InChI=1S/C14H9F3O/c15-11-6-2-1-4-9(11)14(8-18-14)10-5-3-7-12(16)13(10)17/h1-7H,8H2. The molecular weight excluding hydrogens is 241 g/mol. The fourth-order valence-corrected chi connectivity index (χ4v) is 2.13. The topological polar surface area (TPSA) is 12.5 Å². The molecule has 18 heavy (non-hydrogen) atoms. The Balaban J connectivity index is 2.17. The summed E-state index contributed by atoms with van der Waals surface area (Å²) >= 11 is 0. The number of rotatable bonds is 2. The highest BCUT2D eigenvalue weighted by Crippen LogP contribution is 2.47. The van der Waals surface area contributed by atoms with E-state index in [4.69, 9.17) is 4.74 Å². The highest BCUT2D eigenvalue weighted by atomic mass is 19.2. The lowest BCUT2D eigenvalue weighted by Crippen LogP contribution is -2.15. The monoisotopic (exact) mass is 250 g/mol. The van der Waals surface area contributed by atoms with Crippen LogP contribution in [-0.2, 0) is 10.3 Å². The Morgan fingerprint density at radius 2 is 1.44 bits per heavy atom. The van der Waals surface area contributed by atoms with Crippen LogP contribution in [-0.4, -0.2) is 6.61 Å². The predicted octanol–water partition coefficient (Wildman–Crippen LogP) is 3.38. The molecule has 1 heterocycles. The lowest BCUT2D eigenvalue weighted by atomic mass is 9.91. The summed E-state index contributed by atoms with van der Waals surface area (Å²) in [4.78, 5) is 0. The van der Waals surface area contributed by atoms with E-state index in [0.29, 0.717) is 0 Å². The van der Waals surface area contributed by atoms with Gasteiger partial charge in [-0.1, -0.05) is 30.3 Å². The maximum absolute atomic E-state index is 13.8. The second-order valence-electron chi connectivity index (χ2n) is 4.20. The lowest BCUT2D eigenvalue weighted by molar-refractivity contribution is 0.329. The zero-order valence-corrected chi connectivity index (χ0v) is 9.29. The van der Waals surface area contributed by atoms with Gasteiger partial charge in [-0.2, -0.15) is 0 Å². The Hall–Kier alpha value is -1.81. The number of epoxide rings is 1. The van der Waals surface area contributed by atoms with E-state index in [0.717, 1.165) is 6.07 Å². The van der Waals surface area contributed by atoms with Crippen molar-refractivity contribution in [1.82, 2.24) is 0 Å². The van der Waals surface area contributed by atoms with Crippen molar-refractivity contribution < 1.29 is 17.9 Å². The Kier molecular flexibility index (Phi) is 2.41. The summed E-state index contributed by atoms with van der Waals surface area (Å²) in [6.45, 7) is 0.147. The smallest absolute Gasteiger partial charge is 0.165 e. The molecule has 0 aromatic heterocycles. The summed E-state index contributed by atoms with van der Waals surface area (Å²) in [5.41, 5.74) is -0.917. The van der Waals surface area contributed by atoms with Crippen molar-refractivity contribution in [2.45, 2.75) is 5.60 Å². The third kappa shape index (κ3) is 1.53. The number of halogens is 3. The molecule has 2 aromatic rings. The minimum Gasteiger partial charge on any atom is -0.359 e. The third-order valence-corrected chi connectivity index (χ3v) is 3.13. The molecule has 0 aliphatic carbocycles. The Morgan fingerprint density at radius 1 is 0.833 bits per heavy atom. The van der Waals surface area contributed by atoms with Gasteiger partial charge in [-0.25, -0.2) is 13.2 Å². The van der Waals surface area contributed by atoms with Crippen molar-refractivity contribution in [1.29, 1.82) is 0 Å². The minimum absolute atomic E-state index is 0.0348. The van der Waals surface area contributed by atoms with Crippen LogP contribution in [0.4, 0.5) is 13.2 Å².